The van der Waals surface area contributed by atoms with E-state index >= 15 is 0 Å². The first-order valence-corrected chi connectivity index (χ1v) is 16.3. The van der Waals surface area contributed by atoms with E-state index in [9.17, 15) is 0 Å². The highest BCUT2D eigenvalue weighted by Gasteiger charge is 2.53. The molecule has 210 valence electrons. The molecular formula is C36H46N4. The fourth-order valence-electron chi connectivity index (χ4n) is 10.7. The van der Waals surface area contributed by atoms with Crippen molar-refractivity contribution in [1.29, 1.82) is 0 Å². The second-order valence-corrected chi connectivity index (χ2v) is 15.2. The summed E-state index contributed by atoms with van der Waals surface area (Å²) in [6.45, 7) is 4.32. The molecule has 0 aliphatic heterocycles. The van der Waals surface area contributed by atoms with Gasteiger partial charge < -0.3 is 10.6 Å². The third kappa shape index (κ3) is 4.80. The number of hydrogen-bond acceptors (Lipinski definition) is 2. The number of nitrogens with zero attached hydrogens (tertiary/aromatic N) is 2. The molecule has 4 nitrogen and oxygen atoms in total. The van der Waals surface area contributed by atoms with Gasteiger partial charge in [0.05, 0.1) is 11.1 Å². The summed E-state index contributed by atoms with van der Waals surface area (Å²) in [5.74, 6) is 7.14. The molecule has 2 N–H and O–H groups in total. The zero-order valence-corrected chi connectivity index (χ0v) is 24.5. The van der Waals surface area contributed by atoms with Gasteiger partial charge in [0, 0.05) is 11.4 Å². The standard InChI is InChI=1S/C36H46N4/c1-23-3-7-31(8-4-23)37-33(39-35-17-25-11-26(18-35)13-27(12-25)19-35)34(38-32-9-5-24(2)6-10-32)40-36-20-28-14-29(21-36)16-30(15-28)22-36/h3-10,25-30H,11-22H2,1-2H3,(H,37,39)(H,38,40). The van der Waals surface area contributed by atoms with Crippen LogP contribution in [0.1, 0.15) is 88.2 Å². The zero-order valence-electron chi connectivity index (χ0n) is 24.5. The van der Waals surface area contributed by atoms with E-state index in [0.29, 0.717) is 0 Å². The van der Waals surface area contributed by atoms with Crippen LogP contribution in [0.2, 0.25) is 0 Å². The number of aryl methyl sites for hydroxylation is 2. The Labute approximate surface area is 240 Å². The summed E-state index contributed by atoms with van der Waals surface area (Å²) in [6, 6.07) is 17.6. The summed E-state index contributed by atoms with van der Waals surface area (Å²) in [7, 11) is 0. The van der Waals surface area contributed by atoms with Crippen LogP contribution >= 0.6 is 0 Å². The van der Waals surface area contributed by atoms with Crippen molar-refractivity contribution in [3.63, 3.8) is 0 Å². The van der Waals surface area contributed by atoms with Crippen molar-refractivity contribution in [2.45, 2.75) is 102 Å². The maximum Gasteiger partial charge on any atom is 0.169 e. The summed E-state index contributed by atoms with van der Waals surface area (Å²) >= 11 is 0. The first-order chi connectivity index (χ1) is 19.4. The number of aliphatic imine (C=N–C) groups is 2. The van der Waals surface area contributed by atoms with Crippen molar-refractivity contribution in [1.82, 2.24) is 0 Å². The predicted molar refractivity (Wildman–Crippen MR) is 166 cm³/mol. The van der Waals surface area contributed by atoms with E-state index in [-0.39, 0.29) is 11.1 Å². The lowest BCUT2D eigenvalue weighted by molar-refractivity contribution is 0.000961. The van der Waals surface area contributed by atoms with Crippen LogP contribution in [0.15, 0.2) is 58.5 Å². The first kappa shape index (κ1) is 25.1. The third-order valence-electron chi connectivity index (χ3n) is 11.6. The van der Waals surface area contributed by atoms with Crippen molar-refractivity contribution in [2.24, 2.45) is 45.5 Å². The van der Waals surface area contributed by atoms with Gasteiger partial charge in [-0.25, -0.2) is 0 Å². The van der Waals surface area contributed by atoms with Crippen LogP contribution in [-0.2, 0) is 0 Å². The van der Waals surface area contributed by atoms with Crippen molar-refractivity contribution >= 4 is 23.0 Å². The van der Waals surface area contributed by atoms with Crippen LogP contribution in [0.5, 0.6) is 0 Å². The Hall–Kier alpha value is -2.62. The molecule has 8 fully saturated rings. The molecule has 8 aliphatic rings. The monoisotopic (exact) mass is 534 g/mol. The topological polar surface area (TPSA) is 48.8 Å². The Balaban J connectivity index is 1.23. The molecule has 8 saturated carbocycles. The molecule has 8 aliphatic carbocycles. The highest BCUT2D eigenvalue weighted by Crippen LogP contribution is 2.58. The number of benzene rings is 2. The van der Waals surface area contributed by atoms with Crippen molar-refractivity contribution in [3.8, 4) is 0 Å². The summed E-state index contributed by atoms with van der Waals surface area (Å²) in [5, 5.41) is 7.70. The van der Waals surface area contributed by atoms with Gasteiger partial charge in [-0.05, 0) is 151 Å². The molecule has 0 aromatic heterocycles. The highest BCUT2D eigenvalue weighted by atomic mass is 15.2. The van der Waals surface area contributed by atoms with Gasteiger partial charge in [0.15, 0.2) is 11.7 Å². The van der Waals surface area contributed by atoms with E-state index in [0.717, 1.165) is 58.6 Å². The minimum absolute atomic E-state index is 0.0684. The summed E-state index contributed by atoms with van der Waals surface area (Å²) in [6.07, 6.45) is 16.2. The van der Waals surface area contributed by atoms with Crippen LogP contribution < -0.4 is 10.6 Å². The quantitative estimate of drug-likeness (QED) is 0.305. The zero-order chi connectivity index (χ0) is 26.9. The predicted octanol–water partition coefficient (Wildman–Crippen LogP) is 8.56. The largest absolute Gasteiger partial charge is 0.337 e. The molecule has 0 unspecified atom stereocenters. The van der Waals surface area contributed by atoms with Gasteiger partial charge in [0.25, 0.3) is 0 Å². The summed E-state index contributed by atoms with van der Waals surface area (Å²) in [5.41, 5.74) is 4.92. The maximum absolute atomic E-state index is 5.81. The lowest BCUT2D eigenvalue weighted by Crippen LogP contribution is -2.52. The number of hydrogen-bond donors (Lipinski definition) is 2. The van der Waals surface area contributed by atoms with E-state index in [4.69, 9.17) is 9.98 Å². The molecule has 40 heavy (non-hydrogen) atoms. The number of nitrogens with one attached hydrogen (secondary N) is 2. The number of amidine groups is 2. The third-order valence-corrected chi connectivity index (χ3v) is 11.6. The van der Waals surface area contributed by atoms with Crippen molar-refractivity contribution in [3.05, 3.63) is 59.7 Å². The van der Waals surface area contributed by atoms with Crippen LogP contribution in [-0.4, -0.2) is 22.7 Å². The molecule has 0 atom stereocenters. The van der Waals surface area contributed by atoms with E-state index in [2.05, 4.69) is 73.0 Å². The van der Waals surface area contributed by atoms with Gasteiger partial charge in [-0.1, -0.05) is 35.4 Å². The van der Waals surface area contributed by atoms with Gasteiger partial charge in [0.1, 0.15) is 0 Å². The Morgan fingerprint density at radius 2 is 0.775 bits per heavy atom. The number of anilines is 2. The van der Waals surface area contributed by atoms with Crippen LogP contribution in [0, 0.1) is 49.4 Å². The fourth-order valence-corrected chi connectivity index (χ4v) is 10.7. The Bertz CT molecular complexity index is 1140. The normalized spacial score (nSPS) is 39.5. The van der Waals surface area contributed by atoms with Gasteiger partial charge in [-0.2, -0.15) is 0 Å². The van der Waals surface area contributed by atoms with Crippen molar-refractivity contribution in [2.75, 3.05) is 10.6 Å². The van der Waals surface area contributed by atoms with E-state index < -0.39 is 0 Å². The molecule has 8 bridgehead atoms. The molecular weight excluding hydrogens is 488 g/mol. The smallest absolute Gasteiger partial charge is 0.169 e. The van der Waals surface area contributed by atoms with Gasteiger partial charge in [-0.3, -0.25) is 9.98 Å². The minimum atomic E-state index is 0.0684. The van der Waals surface area contributed by atoms with Gasteiger partial charge in [-0.15, -0.1) is 0 Å². The average molecular weight is 535 g/mol. The lowest BCUT2D eigenvalue weighted by Gasteiger charge is -2.55. The minimum Gasteiger partial charge on any atom is -0.337 e. The highest BCUT2D eigenvalue weighted by molar-refractivity contribution is 6.48. The number of rotatable bonds is 4. The lowest BCUT2D eigenvalue weighted by atomic mass is 9.53. The van der Waals surface area contributed by atoms with Crippen molar-refractivity contribution < 1.29 is 0 Å². The van der Waals surface area contributed by atoms with E-state index in [1.807, 2.05) is 0 Å². The fraction of sp³-hybridized carbons (Fsp3) is 0.611. The van der Waals surface area contributed by atoms with E-state index in [1.54, 1.807) is 0 Å². The Kier molecular flexibility index (Phi) is 5.94. The summed E-state index contributed by atoms with van der Waals surface area (Å²) < 4.78 is 0. The van der Waals surface area contributed by atoms with E-state index in [1.165, 1.54) is 88.2 Å². The van der Waals surface area contributed by atoms with Gasteiger partial charge in [0.2, 0.25) is 0 Å². The van der Waals surface area contributed by atoms with Crippen LogP contribution in [0.4, 0.5) is 11.4 Å². The Morgan fingerprint density at radius 1 is 0.500 bits per heavy atom. The molecule has 4 heteroatoms. The average Bonchev–Trinajstić information content (AvgIpc) is 2.89. The first-order valence-electron chi connectivity index (χ1n) is 16.3. The molecule has 0 radical (unpaired) electrons. The second kappa shape index (κ2) is 9.46. The van der Waals surface area contributed by atoms with Crippen LogP contribution in [0.3, 0.4) is 0 Å². The SMILES string of the molecule is Cc1ccc(NC(=NC23CC4CC(CC(C4)C2)C3)C(=NC23CC4CC(CC(C4)C2)C3)Nc2ccc(C)cc2)cc1. The molecule has 10 rings (SSSR count). The molecule has 0 amide bonds. The molecule has 0 saturated heterocycles. The van der Waals surface area contributed by atoms with Crippen LogP contribution in [0.25, 0.3) is 0 Å². The van der Waals surface area contributed by atoms with Gasteiger partial charge >= 0.3 is 0 Å². The second-order valence-electron chi connectivity index (χ2n) is 15.2. The molecule has 2 aromatic rings. The molecule has 0 spiro atoms. The molecule has 0 heterocycles. The maximum atomic E-state index is 5.81. The molecule has 2 aromatic carbocycles. The summed E-state index contributed by atoms with van der Waals surface area (Å²) in [4.78, 5) is 11.6. The Morgan fingerprint density at radius 3 is 1.05 bits per heavy atom.